The first kappa shape index (κ1) is 9.34. The molecule has 0 aliphatic heterocycles. The molecule has 0 spiro atoms. The molecule has 10 heavy (non-hydrogen) atoms. The Balaban J connectivity index is 4.36. The van der Waals surface area contributed by atoms with Crippen LogP contribution in [0, 0.1) is 0 Å². The van der Waals surface area contributed by atoms with Crippen LogP contribution in [0.25, 0.3) is 0 Å². The molecule has 0 saturated carbocycles. The van der Waals surface area contributed by atoms with Crippen molar-refractivity contribution < 1.29 is 14.8 Å². The molecule has 56 valence electrons. The second-order valence-electron chi connectivity index (χ2n) is 1.85. The Bertz CT molecular complexity index is 166. The monoisotopic (exact) mass is 160 g/mol. The normalized spacial score (nSPS) is 16.1. The first-order valence-electron chi connectivity index (χ1n) is 2.63. The highest BCUT2D eigenvalue weighted by molar-refractivity contribution is 7.26. The number of rotatable bonds is 4. The quantitative estimate of drug-likeness (QED) is 0.373. The number of aliphatic hydroxyl groups excluding tert-OH is 1. The van der Waals surface area contributed by atoms with E-state index in [0.29, 0.717) is 0 Å². The smallest absolute Gasteiger partial charge is 0.204 e. The molecule has 0 bridgehead atoms. The molecule has 0 saturated heterocycles. The van der Waals surface area contributed by atoms with Crippen LogP contribution in [0.3, 0.4) is 0 Å². The predicted octanol–water partition coefficient (Wildman–Crippen LogP) is 1.61. The second-order valence-corrected chi connectivity index (χ2v) is 2.77. The van der Waals surface area contributed by atoms with Gasteiger partial charge in [0.2, 0.25) is 5.34 Å². The molecular formula is C6H9O3P. The molecule has 0 aliphatic carbocycles. The Morgan fingerprint density at radius 3 is 2.40 bits per heavy atom. The molecule has 0 aromatic carbocycles. The average molecular weight is 160 g/mol. The third kappa shape index (κ3) is 1.94. The van der Waals surface area contributed by atoms with Gasteiger partial charge in [-0.3, -0.25) is 4.57 Å². The fraction of sp³-hybridized carbons (Fsp3) is 0.333. The molecule has 1 atom stereocenters. The summed E-state index contributed by atoms with van der Waals surface area (Å²) < 4.78 is 10.2. The van der Waals surface area contributed by atoms with Crippen molar-refractivity contribution in [2.75, 3.05) is 0 Å². The summed E-state index contributed by atoms with van der Waals surface area (Å²) in [6.07, 6.45) is 1.37. The van der Waals surface area contributed by atoms with E-state index in [4.69, 9.17) is 10.2 Å². The highest BCUT2D eigenvalue weighted by Crippen LogP contribution is 2.29. The summed E-state index contributed by atoms with van der Waals surface area (Å²) in [6.45, 7) is 6.39. The Kier molecular flexibility index (Phi) is 3.26. The maximum Gasteiger partial charge on any atom is 0.204 e. The predicted molar refractivity (Wildman–Crippen MR) is 39.1 cm³/mol. The lowest BCUT2D eigenvalue weighted by Crippen LogP contribution is -2.21. The molecule has 4 heteroatoms. The van der Waals surface area contributed by atoms with Crippen LogP contribution in [0.15, 0.2) is 25.0 Å². The minimum atomic E-state index is -1.75. The molecule has 0 heterocycles. The molecule has 0 fully saturated rings. The average Bonchev–Trinajstić information content (AvgIpc) is 1.88. The van der Waals surface area contributed by atoms with Gasteiger partial charge in [0.05, 0.1) is 0 Å². The first-order valence-corrected chi connectivity index (χ1v) is 3.44. The zero-order valence-electron chi connectivity index (χ0n) is 5.45. The lowest BCUT2D eigenvalue weighted by Gasteiger charge is -2.15. The molecule has 0 amide bonds. The lowest BCUT2D eigenvalue weighted by atomic mass is 10.2. The van der Waals surface area contributed by atoms with Crippen LogP contribution < -0.4 is 0 Å². The van der Waals surface area contributed by atoms with E-state index in [1.54, 1.807) is 0 Å². The highest BCUT2D eigenvalue weighted by Gasteiger charge is 2.29. The fourth-order valence-corrected chi connectivity index (χ4v) is 0.718. The van der Waals surface area contributed by atoms with Crippen molar-refractivity contribution in [2.45, 2.75) is 11.8 Å². The summed E-state index contributed by atoms with van der Waals surface area (Å²) in [6, 6.07) is 0. The van der Waals surface area contributed by atoms with Gasteiger partial charge in [-0.05, 0) is 0 Å². The van der Waals surface area contributed by atoms with Crippen LogP contribution in [-0.4, -0.2) is 15.6 Å². The zero-order valence-corrected chi connectivity index (χ0v) is 6.34. The minimum absolute atomic E-state index is 0.0212. The van der Waals surface area contributed by atoms with Gasteiger partial charge >= 0.3 is 0 Å². The van der Waals surface area contributed by atoms with Crippen LogP contribution >= 0.6 is 8.46 Å². The Labute approximate surface area is 60.9 Å². The van der Waals surface area contributed by atoms with Gasteiger partial charge in [-0.15, -0.1) is 6.58 Å². The SMILES string of the molecule is C=CCC(O)(P=O)C(=C)O. The van der Waals surface area contributed by atoms with E-state index in [-0.39, 0.29) is 6.42 Å². The van der Waals surface area contributed by atoms with Crippen molar-refractivity contribution in [2.24, 2.45) is 0 Å². The van der Waals surface area contributed by atoms with Crippen molar-refractivity contribution >= 4 is 8.46 Å². The van der Waals surface area contributed by atoms with Crippen molar-refractivity contribution in [1.29, 1.82) is 0 Å². The maximum absolute atomic E-state index is 10.2. The standard InChI is InChI=1S/C6H9O3P/c1-3-4-6(8,10-9)5(2)7/h3,7-8H,1-2,4H2. The van der Waals surface area contributed by atoms with Gasteiger partial charge in [-0.1, -0.05) is 12.7 Å². The molecule has 0 aromatic heterocycles. The fourth-order valence-electron chi connectivity index (χ4n) is 0.409. The third-order valence-electron chi connectivity index (χ3n) is 1.04. The summed E-state index contributed by atoms with van der Waals surface area (Å²) in [7, 11) is -0.568. The molecule has 3 nitrogen and oxygen atoms in total. The summed E-state index contributed by atoms with van der Waals surface area (Å²) in [4.78, 5) is 0. The Morgan fingerprint density at radius 1 is 1.80 bits per heavy atom. The summed E-state index contributed by atoms with van der Waals surface area (Å²) in [5, 5.41) is 16.1. The van der Waals surface area contributed by atoms with E-state index < -0.39 is 19.6 Å². The van der Waals surface area contributed by atoms with E-state index in [1.165, 1.54) is 6.08 Å². The molecule has 0 aliphatic rings. The van der Waals surface area contributed by atoms with Gasteiger partial charge in [0.25, 0.3) is 0 Å². The van der Waals surface area contributed by atoms with Crippen LogP contribution in [0.5, 0.6) is 0 Å². The molecule has 0 rings (SSSR count). The van der Waals surface area contributed by atoms with Gasteiger partial charge in [0.15, 0.2) is 8.46 Å². The molecule has 1 unspecified atom stereocenters. The van der Waals surface area contributed by atoms with E-state index >= 15 is 0 Å². The summed E-state index contributed by atoms with van der Waals surface area (Å²) >= 11 is 0. The van der Waals surface area contributed by atoms with Crippen LogP contribution in [0.1, 0.15) is 6.42 Å². The summed E-state index contributed by atoms with van der Waals surface area (Å²) in [5.41, 5.74) is 0. The van der Waals surface area contributed by atoms with Gasteiger partial charge in [0.1, 0.15) is 5.76 Å². The Morgan fingerprint density at radius 2 is 2.30 bits per heavy atom. The largest absolute Gasteiger partial charge is 0.509 e. The van der Waals surface area contributed by atoms with Gasteiger partial charge < -0.3 is 10.2 Å². The van der Waals surface area contributed by atoms with Crippen LogP contribution in [0.2, 0.25) is 0 Å². The van der Waals surface area contributed by atoms with Gasteiger partial charge in [-0.25, -0.2) is 0 Å². The summed E-state index contributed by atoms with van der Waals surface area (Å²) in [5.74, 6) is -0.510. The van der Waals surface area contributed by atoms with E-state index in [0.717, 1.165) is 0 Å². The third-order valence-corrected chi connectivity index (χ3v) is 1.78. The Hall–Kier alpha value is -0.660. The highest BCUT2D eigenvalue weighted by atomic mass is 31.1. The lowest BCUT2D eigenvalue weighted by molar-refractivity contribution is 0.118. The zero-order chi connectivity index (χ0) is 8.20. The second kappa shape index (κ2) is 3.49. The van der Waals surface area contributed by atoms with Gasteiger partial charge in [-0.2, -0.15) is 0 Å². The van der Waals surface area contributed by atoms with Crippen molar-refractivity contribution in [3.63, 3.8) is 0 Å². The molecular weight excluding hydrogens is 151 g/mol. The van der Waals surface area contributed by atoms with Gasteiger partial charge in [0, 0.05) is 6.42 Å². The first-order chi connectivity index (χ1) is 4.56. The topological polar surface area (TPSA) is 57.5 Å². The number of hydrogen-bond donors (Lipinski definition) is 2. The number of aliphatic hydroxyl groups is 2. The van der Waals surface area contributed by atoms with E-state index in [1.807, 2.05) is 0 Å². The molecule has 2 N–H and O–H groups in total. The van der Waals surface area contributed by atoms with Crippen molar-refractivity contribution in [3.8, 4) is 0 Å². The minimum Gasteiger partial charge on any atom is -0.509 e. The molecule has 0 radical (unpaired) electrons. The van der Waals surface area contributed by atoms with Crippen molar-refractivity contribution in [1.82, 2.24) is 0 Å². The van der Waals surface area contributed by atoms with Crippen molar-refractivity contribution in [3.05, 3.63) is 25.0 Å². The molecule has 0 aromatic rings. The number of hydrogen-bond acceptors (Lipinski definition) is 3. The maximum atomic E-state index is 10.2. The van der Waals surface area contributed by atoms with Crippen LogP contribution in [-0.2, 0) is 4.57 Å². The van der Waals surface area contributed by atoms with Crippen LogP contribution in [0.4, 0.5) is 0 Å². The van der Waals surface area contributed by atoms with E-state index in [9.17, 15) is 4.57 Å². The van der Waals surface area contributed by atoms with E-state index in [2.05, 4.69) is 13.2 Å².